The molecule has 0 saturated heterocycles. The molecule has 1 unspecified atom stereocenters. The highest BCUT2D eigenvalue weighted by Gasteiger charge is 2.19. The highest BCUT2D eigenvalue weighted by Crippen LogP contribution is 2.12. The number of aryl methyl sites for hydroxylation is 4. The van der Waals surface area contributed by atoms with Crippen LogP contribution in [0.5, 0.6) is 0 Å². The summed E-state index contributed by atoms with van der Waals surface area (Å²) in [6, 6.07) is 9.69. The third-order valence-electron chi connectivity index (χ3n) is 5.08. The van der Waals surface area contributed by atoms with Gasteiger partial charge in [0.05, 0.1) is 11.3 Å². The van der Waals surface area contributed by atoms with Crippen molar-refractivity contribution in [2.45, 2.75) is 34.1 Å². The highest BCUT2D eigenvalue weighted by molar-refractivity contribution is 5.94. The number of carbonyl (C=O) groups excluding carboxylic acids is 2. The largest absolute Gasteiger partial charge is 0.352 e. The van der Waals surface area contributed by atoms with E-state index in [1.54, 1.807) is 0 Å². The monoisotopic (exact) mass is 348 g/mol. The summed E-state index contributed by atoms with van der Waals surface area (Å²) in [7, 11) is 0. The van der Waals surface area contributed by atoms with Gasteiger partial charge in [-0.3, -0.25) is 9.59 Å². The molecule has 0 saturated carbocycles. The second-order valence-corrected chi connectivity index (χ2v) is 7.06. The molecule has 1 atom stereocenters. The Morgan fingerprint density at radius 2 is 1.69 bits per heavy atom. The number of nitrogens with one attached hydrogen (secondary N) is 1. The second kappa shape index (κ2) is 7.24. The van der Waals surface area contributed by atoms with Gasteiger partial charge in [-0.2, -0.15) is 0 Å². The van der Waals surface area contributed by atoms with Crippen molar-refractivity contribution < 1.29 is 9.59 Å². The van der Waals surface area contributed by atoms with Crippen LogP contribution < -0.4 is 15.9 Å². The summed E-state index contributed by atoms with van der Waals surface area (Å²) in [6.45, 7) is 8.52. The van der Waals surface area contributed by atoms with Crippen LogP contribution in [0.4, 0.5) is 0 Å². The summed E-state index contributed by atoms with van der Waals surface area (Å²) in [5, 5.41) is 4.65. The lowest BCUT2D eigenvalue weighted by molar-refractivity contribution is -0.120. The fourth-order valence-corrected chi connectivity index (χ4v) is 3.08. The lowest BCUT2D eigenvalue weighted by atomic mass is 9.98. The fraction of sp³-hybridized carbons (Fsp3) is 0.318. The first-order chi connectivity index (χ1) is 12.3. The van der Waals surface area contributed by atoms with Crippen LogP contribution in [-0.2, 0) is 4.79 Å². The molecule has 1 aliphatic rings. The Labute approximate surface area is 153 Å². The Bertz CT molecular complexity index is 1010. The van der Waals surface area contributed by atoms with Crippen molar-refractivity contribution in [3.8, 4) is 0 Å². The second-order valence-electron chi connectivity index (χ2n) is 7.06. The lowest BCUT2D eigenvalue weighted by Crippen LogP contribution is -2.36. The molecule has 0 spiro atoms. The number of carbonyl (C=O) groups is 2. The fourth-order valence-electron chi connectivity index (χ4n) is 3.08. The molecule has 2 aromatic carbocycles. The van der Waals surface area contributed by atoms with E-state index in [0.717, 1.165) is 27.3 Å². The quantitative estimate of drug-likeness (QED) is 0.922. The molecule has 1 N–H and O–H groups in total. The molecule has 0 aliphatic carbocycles. The minimum atomic E-state index is -0.287. The van der Waals surface area contributed by atoms with Crippen molar-refractivity contribution in [2.75, 3.05) is 6.54 Å². The van der Waals surface area contributed by atoms with E-state index in [0.29, 0.717) is 18.5 Å². The Hall–Kier alpha value is -2.75. The zero-order valence-corrected chi connectivity index (χ0v) is 15.7. The van der Waals surface area contributed by atoms with Crippen LogP contribution in [0.25, 0.3) is 6.08 Å². The van der Waals surface area contributed by atoms with E-state index in [1.165, 1.54) is 5.56 Å². The molecule has 1 aliphatic heterocycles. The Kier molecular flexibility index (Phi) is 5.03. The number of nitrogens with zero attached hydrogens (tertiary/aromatic N) is 1. The van der Waals surface area contributed by atoms with Gasteiger partial charge in [-0.15, -0.1) is 0 Å². The molecule has 3 rings (SSSR count). The maximum absolute atomic E-state index is 12.3. The average Bonchev–Trinajstić information content (AvgIpc) is 2.59. The Balaban J connectivity index is 1.67. The van der Waals surface area contributed by atoms with Crippen LogP contribution in [-0.4, -0.2) is 18.4 Å². The molecule has 4 heteroatoms. The molecule has 134 valence electrons. The van der Waals surface area contributed by atoms with Gasteiger partial charge in [0.2, 0.25) is 0 Å². The summed E-state index contributed by atoms with van der Waals surface area (Å²) in [5.41, 5.74) is 5.22. The zero-order valence-electron chi connectivity index (χ0n) is 15.7. The topological polar surface area (TPSA) is 58.5 Å². The van der Waals surface area contributed by atoms with E-state index < -0.39 is 0 Å². The van der Waals surface area contributed by atoms with Gasteiger partial charge >= 0.3 is 0 Å². The molecule has 1 heterocycles. The van der Waals surface area contributed by atoms with Crippen LogP contribution in [0, 0.1) is 33.6 Å². The molecule has 26 heavy (non-hydrogen) atoms. The van der Waals surface area contributed by atoms with Crippen LogP contribution >= 0.6 is 0 Å². The van der Waals surface area contributed by atoms with Crippen LogP contribution in [0.3, 0.4) is 0 Å². The van der Waals surface area contributed by atoms with Gasteiger partial charge in [0.25, 0.3) is 11.8 Å². The molecule has 4 nitrogen and oxygen atoms in total. The molecule has 2 aromatic rings. The number of hydrogen-bond donors (Lipinski definition) is 1. The van der Waals surface area contributed by atoms with Gasteiger partial charge in [0, 0.05) is 12.1 Å². The first-order valence-corrected chi connectivity index (χ1v) is 8.92. The third-order valence-corrected chi connectivity index (χ3v) is 5.08. The van der Waals surface area contributed by atoms with Gasteiger partial charge in [-0.1, -0.05) is 12.1 Å². The number of fused-ring (bicyclic) bond motifs is 1. The van der Waals surface area contributed by atoms with E-state index >= 15 is 0 Å². The molecule has 2 amide bonds. The summed E-state index contributed by atoms with van der Waals surface area (Å²) in [5.74, 6) is -0.536. The minimum absolute atomic E-state index is 0.111. The van der Waals surface area contributed by atoms with Crippen molar-refractivity contribution in [2.24, 2.45) is 10.9 Å². The molecule has 0 radical (unpaired) electrons. The molecule has 0 fully saturated rings. The van der Waals surface area contributed by atoms with Crippen LogP contribution in [0.2, 0.25) is 0 Å². The molecular weight excluding hydrogens is 324 g/mol. The number of benzene rings is 2. The summed E-state index contributed by atoms with van der Waals surface area (Å²) in [4.78, 5) is 28.8. The van der Waals surface area contributed by atoms with E-state index in [9.17, 15) is 9.59 Å². The van der Waals surface area contributed by atoms with Crippen molar-refractivity contribution in [1.82, 2.24) is 5.32 Å². The molecular formula is C22H24N2O2. The third kappa shape index (κ3) is 3.74. The summed E-state index contributed by atoms with van der Waals surface area (Å²) >= 11 is 0. The minimum Gasteiger partial charge on any atom is -0.352 e. The maximum atomic E-state index is 12.3. The van der Waals surface area contributed by atoms with Gasteiger partial charge < -0.3 is 5.32 Å². The molecule has 0 bridgehead atoms. The van der Waals surface area contributed by atoms with Gasteiger partial charge in [-0.05, 0) is 85.9 Å². The van der Waals surface area contributed by atoms with E-state index in [2.05, 4.69) is 23.3 Å². The number of hydrogen-bond acceptors (Lipinski definition) is 2. The van der Waals surface area contributed by atoms with Gasteiger partial charge in [0.1, 0.15) is 0 Å². The van der Waals surface area contributed by atoms with Crippen molar-refractivity contribution >= 4 is 17.9 Å². The van der Waals surface area contributed by atoms with E-state index in [-0.39, 0.29) is 17.7 Å². The maximum Gasteiger partial charge on any atom is 0.253 e. The lowest BCUT2D eigenvalue weighted by Gasteiger charge is -2.14. The summed E-state index contributed by atoms with van der Waals surface area (Å²) < 4.78 is 0. The van der Waals surface area contributed by atoms with Gasteiger partial charge in [0.15, 0.2) is 0 Å². The first kappa shape index (κ1) is 18.1. The van der Waals surface area contributed by atoms with E-state index in [4.69, 9.17) is 0 Å². The van der Waals surface area contributed by atoms with E-state index in [1.807, 2.05) is 51.1 Å². The smallest absolute Gasteiger partial charge is 0.253 e. The predicted molar refractivity (Wildman–Crippen MR) is 103 cm³/mol. The van der Waals surface area contributed by atoms with Crippen molar-refractivity contribution in [3.05, 3.63) is 68.7 Å². The SMILES string of the molecule is Cc1ccc(C(=O)NCCC2C=c3cc(C)c(C)cc3=NC2=O)cc1C. The summed E-state index contributed by atoms with van der Waals surface area (Å²) in [6.07, 6.45) is 2.52. The molecule has 0 aromatic heterocycles. The van der Waals surface area contributed by atoms with Crippen molar-refractivity contribution in [3.63, 3.8) is 0 Å². The zero-order chi connectivity index (χ0) is 18.8. The number of rotatable bonds is 4. The highest BCUT2D eigenvalue weighted by atomic mass is 16.2. The van der Waals surface area contributed by atoms with Crippen LogP contribution in [0.15, 0.2) is 35.3 Å². The standard InChI is InChI=1S/C22H24N2O2/c1-13-5-6-17(9-14(13)2)21(25)23-8-7-18-12-19-10-15(3)16(4)11-20(19)24-22(18)26/h5-6,9-12,18H,7-8H2,1-4H3,(H,23,25). The van der Waals surface area contributed by atoms with Crippen molar-refractivity contribution in [1.29, 1.82) is 0 Å². The Morgan fingerprint density at radius 1 is 1.00 bits per heavy atom. The Morgan fingerprint density at radius 3 is 2.42 bits per heavy atom. The predicted octanol–water partition coefficient (Wildman–Crippen LogP) is 2.30. The normalized spacial score (nSPS) is 15.7. The first-order valence-electron chi connectivity index (χ1n) is 8.92. The van der Waals surface area contributed by atoms with Gasteiger partial charge in [-0.25, -0.2) is 4.99 Å². The van der Waals surface area contributed by atoms with Crippen LogP contribution in [0.1, 0.15) is 39.0 Å². The number of amides is 2. The average molecular weight is 348 g/mol.